The minimum atomic E-state index is 0. The molecule has 0 saturated carbocycles. The molecule has 0 fully saturated rings. The van der Waals surface area contributed by atoms with E-state index >= 15 is 0 Å². The van der Waals surface area contributed by atoms with Crippen molar-refractivity contribution in [2.45, 2.75) is 32.2 Å². The second-order valence-electron chi connectivity index (χ2n) is 5.34. The van der Waals surface area contributed by atoms with Crippen molar-refractivity contribution < 1.29 is 0 Å². The zero-order chi connectivity index (χ0) is 14.5. The Morgan fingerprint density at radius 2 is 2.05 bits per heavy atom. The molecule has 22 heavy (non-hydrogen) atoms. The van der Waals surface area contributed by atoms with Crippen molar-refractivity contribution in [1.82, 2.24) is 4.98 Å². The van der Waals surface area contributed by atoms with E-state index in [1.807, 2.05) is 12.1 Å². The van der Waals surface area contributed by atoms with Gasteiger partial charge in [0.1, 0.15) is 0 Å². The number of hydrogen-bond donors (Lipinski definition) is 2. The van der Waals surface area contributed by atoms with E-state index in [2.05, 4.69) is 33.5 Å². The van der Waals surface area contributed by atoms with Crippen molar-refractivity contribution in [2.24, 2.45) is 10.7 Å². The lowest BCUT2D eigenvalue weighted by atomic mass is 9.90. The number of rotatable bonds is 3. The molecule has 3 N–H and O–H groups in total. The van der Waals surface area contributed by atoms with Crippen LogP contribution in [0.2, 0.25) is 0 Å². The third-order valence-electron chi connectivity index (χ3n) is 3.81. The number of nitrogens with two attached hydrogens (primary N) is 1. The fraction of sp³-hybridized carbons (Fsp3) is 0.294. The molecule has 0 radical (unpaired) electrons. The minimum absolute atomic E-state index is 0. The van der Waals surface area contributed by atoms with Gasteiger partial charge in [-0.25, -0.2) is 4.99 Å². The smallest absolute Gasteiger partial charge is 0.193 e. The number of aliphatic imine (C=N–C) groups is 1. The maximum absolute atomic E-state index is 6.01. The number of anilines is 1. The Labute approximate surface area is 148 Å². The maximum Gasteiger partial charge on any atom is 0.193 e. The number of hydrogen-bond acceptors (Lipinski definition) is 2. The highest BCUT2D eigenvalue weighted by Crippen LogP contribution is 2.27. The Hall–Kier alpha value is -1.63. The molecule has 4 nitrogen and oxygen atoms in total. The number of fused-ring (bicyclic) bond motifs is 1. The van der Waals surface area contributed by atoms with Gasteiger partial charge in [-0.2, -0.15) is 0 Å². The summed E-state index contributed by atoms with van der Waals surface area (Å²) in [4.78, 5) is 8.46. The zero-order valence-corrected chi connectivity index (χ0v) is 14.8. The Balaban J connectivity index is 0.00000176. The normalized spacial score (nSPS) is 13.9. The second-order valence-corrected chi connectivity index (χ2v) is 5.34. The molecular formula is C17H21IN4. The average Bonchev–Trinajstić information content (AvgIpc) is 2.54. The van der Waals surface area contributed by atoms with E-state index in [0.29, 0.717) is 12.5 Å². The lowest BCUT2D eigenvalue weighted by molar-refractivity contribution is 0.687. The van der Waals surface area contributed by atoms with Crippen LogP contribution in [-0.4, -0.2) is 10.9 Å². The summed E-state index contributed by atoms with van der Waals surface area (Å²) in [5.41, 5.74) is 11.0. The summed E-state index contributed by atoms with van der Waals surface area (Å²) in [7, 11) is 0. The van der Waals surface area contributed by atoms with Crippen LogP contribution in [0.15, 0.2) is 47.7 Å². The lowest BCUT2D eigenvalue weighted by Crippen LogP contribution is -2.24. The highest BCUT2D eigenvalue weighted by Gasteiger charge is 2.12. The number of benzene rings is 1. The van der Waals surface area contributed by atoms with Crippen molar-refractivity contribution in [3.05, 3.63) is 59.4 Å². The van der Waals surface area contributed by atoms with Gasteiger partial charge in [0.2, 0.25) is 0 Å². The highest BCUT2D eigenvalue weighted by molar-refractivity contribution is 14.0. The van der Waals surface area contributed by atoms with Crippen LogP contribution in [0, 0.1) is 0 Å². The van der Waals surface area contributed by atoms with Crippen LogP contribution < -0.4 is 11.1 Å². The molecule has 0 aliphatic heterocycles. The standard InChI is InChI=1S/C17H20N4.HI/c18-17(20-12-13-5-4-10-19-11-13)21-16-9-3-7-14-6-1-2-8-15(14)16;/h3-5,7,9-11H,1-2,6,8,12H2,(H3,18,20,21);1H. The van der Waals surface area contributed by atoms with Crippen molar-refractivity contribution in [3.8, 4) is 0 Å². The zero-order valence-electron chi connectivity index (χ0n) is 12.5. The van der Waals surface area contributed by atoms with Crippen molar-refractivity contribution in [3.63, 3.8) is 0 Å². The number of nitrogens with zero attached hydrogens (tertiary/aromatic N) is 2. The molecule has 0 atom stereocenters. The summed E-state index contributed by atoms with van der Waals surface area (Å²) in [6.07, 6.45) is 8.37. The SMILES string of the molecule is I.NC(=NCc1cccnc1)Nc1cccc2c1CCCC2. The molecule has 116 valence electrons. The van der Waals surface area contributed by atoms with Gasteiger partial charge in [0.15, 0.2) is 5.96 Å². The molecule has 0 unspecified atom stereocenters. The predicted molar refractivity (Wildman–Crippen MR) is 102 cm³/mol. The summed E-state index contributed by atoms with van der Waals surface area (Å²) in [5, 5.41) is 3.25. The number of pyridine rings is 1. The van der Waals surface area contributed by atoms with Crippen LogP contribution >= 0.6 is 24.0 Å². The summed E-state index contributed by atoms with van der Waals surface area (Å²) >= 11 is 0. The first-order valence-corrected chi connectivity index (χ1v) is 7.39. The third kappa shape index (κ3) is 4.19. The van der Waals surface area contributed by atoms with Gasteiger partial charge in [-0.3, -0.25) is 4.98 Å². The molecule has 1 aromatic carbocycles. The molecular weight excluding hydrogens is 387 g/mol. The predicted octanol–water partition coefficient (Wildman–Crippen LogP) is 3.51. The first-order valence-electron chi connectivity index (χ1n) is 7.39. The van der Waals surface area contributed by atoms with Gasteiger partial charge in [0, 0.05) is 18.1 Å². The van der Waals surface area contributed by atoms with Crippen LogP contribution in [-0.2, 0) is 19.4 Å². The summed E-state index contributed by atoms with van der Waals surface area (Å²) in [6, 6.07) is 10.3. The lowest BCUT2D eigenvalue weighted by Gasteiger charge is -2.19. The second kappa shape index (κ2) is 8.12. The number of aryl methyl sites for hydroxylation is 1. The molecule has 0 bridgehead atoms. The molecule has 0 saturated heterocycles. The molecule has 1 aliphatic rings. The van der Waals surface area contributed by atoms with Gasteiger partial charge in [-0.05, 0) is 54.5 Å². The fourth-order valence-electron chi connectivity index (χ4n) is 2.74. The van der Waals surface area contributed by atoms with Gasteiger partial charge in [-0.1, -0.05) is 18.2 Å². The van der Waals surface area contributed by atoms with E-state index in [1.54, 1.807) is 12.4 Å². The van der Waals surface area contributed by atoms with Crippen LogP contribution in [0.5, 0.6) is 0 Å². The van der Waals surface area contributed by atoms with Crippen LogP contribution in [0.25, 0.3) is 0 Å². The number of halogens is 1. The molecule has 5 heteroatoms. The number of nitrogens with one attached hydrogen (secondary N) is 1. The summed E-state index contributed by atoms with van der Waals surface area (Å²) < 4.78 is 0. The van der Waals surface area contributed by atoms with Gasteiger partial charge >= 0.3 is 0 Å². The van der Waals surface area contributed by atoms with E-state index in [9.17, 15) is 0 Å². The third-order valence-corrected chi connectivity index (χ3v) is 3.81. The Bertz CT molecular complexity index is 640. The molecule has 1 heterocycles. The molecule has 0 amide bonds. The Morgan fingerprint density at radius 3 is 2.86 bits per heavy atom. The first-order chi connectivity index (χ1) is 10.3. The summed E-state index contributed by atoms with van der Waals surface area (Å²) in [6.45, 7) is 0.543. The van der Waals surface area contributed by atoms with E-state index in [4.69, 9.17) is 5.73 Å². The van der Waals surface area contributed by atoms with Crippen molar-refractivity contribution in [1.29, 1.82) is 0 Å². The van der Waals surface area contributed by atoms with Crippen LogP contribution in [0.1, 0.15) is 29.5 Å². The van der Waals surface area contributed by atoms with Crippen LogP contribution in [0.4, 0.5) is 5.69 Å². The van der Waals surface area contributed by atoms with Crippen molar-refractivity contribution in [2.75, 3.05) is 5.32 Å². The summed E-state index contributed by atoms with van der Waals surface area (Å²) in [5.74, 6) is 0.456. The van der Waals surface area contributed by atoms with E-state index in [-0.39, 0.29) is 24.0 Å². The van der Waals surface area contributed by atoms with E-state index < -0.39 is 0 Å². The molecule has 2 aromatic rings. The topological polar surface area (TPSA) is 63.3 Å². The highest BCUT2D eigenvalue weighted by atomic mass is 127. The van der Waals surface area contributed by atoms with E-state index in [0.717, 1.165) is 24.1 Å². The van der Waals surface area contributed by atoms with Gasteiger partial charge in [0.25, 0.3) is 0 Å². The van der Waals surface area contributed by atoms with Gasteiger partial charge in [-0.15, -0.1) is 24.0 Å². The monoisotopic (exact) mass is 408 g/mol. The fourth-order valence-corrected chi connectivity index (χ4v) is 2.74. The average molecular weight is 408 g/mol. The Morgan fingerprint density at radius 1 is 1.18 bits per heavy atom. The van der Waals surface area contributed by atoms with Gasteiger partial charge in [0.05, 0.1) is 6.54 Å². The maximum atomic E-state index is 6.01. The Kier molecular flexibility index (Phi) is 6.18. The molecule has 1 aromatic heterocycles. The first kappa shape index (κ1) is 16.7. The van der Waals surface area contributed by atoms with Crippen LogP contribution in [0.3, 0.4) is 0 Å². The van der Waals surface area contributed by atoms with Gasteiger partial charge < -0.3 is 11.1 Å². The molecule has 0 spiro atoms. The largest absolute Gasteiger partial charge is 0.370 e. The molecule has 1 aliphatic carbocycles. The number of aromatic nitrogens is 1. The van der Waals surface area contributed by atoms with Crippen molar-refractivity contribution >= 4 is 35.6 Å². The molecule has 3 rings (SSSR count). The minimum Gasteiger partial charge on any atom is -0.370 e. The van der Waals surface area contributed by atoms with E-state index in [1.165, 1.54) is 24.0 Å². The number of guanidine groups is 1. The quantitative estimate of drug-likeness (QED) is 0.464.